The molecular weight excluding hydrogens is 211 g/mol. The van der Waals surface area contributed by atoms with Gasteiger partial charge in [-0.3, -0.25) is 4.55 Å². The van der Waals surface area contributed by atoms with Crippen LogP contribution < -0.4 is 0 Å². The fraction of sp³-hybridized carbons (Fsp3) is 0.111. The first kappa shape index (κ1) is 13.9. The van der Waals surface area contributed by atoms with Crippen LogP contribution in [0.2, 0.25) is 0 Å². The van der Waals surface area contributed by atoms with Crippen LogP contribution in [0.25, 0.3) is 5.57 Å². The SMILES string of the molecule is C=C(C)c1ccc(S(=O)(=O)O)cc1.[NaH]. The van der Waals surface area contributed by atoms with Crippen molar-refractivity contribution < 1.29 is 13.0 Å². The molecule has 5 heteroatoms. The minimum absolute atomic E-state index is 0. The third-order valence-corrected chi connectivity index (χ3v) is 2.51. The second kappa shape index (κ2) is 5.09. The zero-order valence-electron chi connectivity index (χ0n) is 7.19. The van der Waals surface area contributed by atoms with E-state index in [4.69, 9.17) is 4.55 Å². The summed E-state index contributed by atoms with van der Waals surface area (Å²) in [6, 6.07) is 5.90. The molecule has 0 aliphatic rings. The van der Waals surface area contributed by atoms with Crippen LogP contribution >= 0.6 is 0 Å². The van der Waals surface area contributed by atoms with Crippen LogP contribution in [0.3, 0.4) is 0 Å². The first-order valence-electron chi connectivity index (χ1n) is 3.64. The molecule has 0 aliphatic carbocycles. The molecule has 14 heavy (non-hydrogen) atoms. The third kappa shape index (κ3) is 3.55. The van der Waals surface area contributed by atoms with E-state index in [0.717, 1.165) is 11.1 Å². The van der Waals surface area contributed by atoms with Crippen molar-refractivity contribution in [3.63, 3.8) is 0 Å². The number of allylic oxidation sites excluding steroid dienone is 1. The number of benzene rings is 1. The van der Waals surface area contributed by atoms with Crippen LogP contribution in [0.4, 0.5) is 0 Å². The van der Waals surface area contributed by atoms with E-state index in [2.05, 4.69) is 6.58 Å². The number of hydrogen-bond donors (Lipinski definition) is 1. The van der Waals surface area contributed by atoms with Gasteiger partial charge in [0.25, 0.3) is 10.1 Å². The maximum atomic E-state index is 10.6. The molecule has 3 nitrogen and oxygen atoms in total. The monoisotopic (exact) mass is 222 g/mol. The Morgan fingerprint density at radius 2 is 1.71 bits per heavy atom. The molecule has 0 unspecified atom stereocenters. The topological polar surface area (TPSA) is 54.4 Å². The van der Waals surface area contributed by atoms with Crippen molar-refractivity contribution in [3.8, 4) is 0 Å². The van der Waals surface area contributed by atoms with E-state index in [1.807, 2.05) is 6.92 Å². The van der Waals surface area contributed by atoms with E-state index in [-0.39, 0.29) is 34.5 Å². The minimum atomic E-state index is -4.07. The summed E-state index contributed by atoms with van der Waals surface area (Å²) in [5.74, 6) is 0. The molecule has 0 saturated heterocycles. The zero-order valence-corrected chi connectivity index (χ0v) is 8.00. The second-order valence-corrected chi connectivity index (χ2v) is 4.20. The van der Waals surface area contributed by atoms with Crippen molar-refractivity contribution in [1.82, 2.24) is 0 Å². The average Bonchev–Trinajstić information content (AvgIpc) is 2.03. The van der Waals surface area contributed by atoms with Gasteiger partial charge in [0.2, 0.25) is 0 Å². The molecule has 0 saturated carbocycles. The van der Waals surface area contributed by atoms with Gasteiger partial charge in [0.1, 0.15) is 0 Å². The summed E-state index contributed by atoms with van der Waals surface area (Å²) in [5, 5.41) is 0. The van der Waals surface area contributed by atoms with Gasteiger partial charge in [-0.25, -0.2) is 0 Å². The molecule has 0 fully saturated rings. The van der Waals surface area contributed by atoms with E-state index in [0.29, 0.717) is 0 Å². The van der Waals surface area contributed by atoms with Crippen LogP contribution in [0.1, 0.15) is 12.5 Å². The molecule has 1 rings (SSSR count). The van der Waals surface area contributed by atoms with Crippen molar-refractivity contribution in [1.29, 1.82) is 0 Å². The molecule has 0 amide bonds. The summed E-state index contributed by atoms with van der Waals surface area (Å²) in [6.07, 6.45) is 0. The van der Waals surface area contributed by atoms with Gasteiger partial charge in [0.05, 0.1) is 4.90 Å². The van der Waals surface area contributed by atoms with Gasteiger partial charge in [-0.05, 0) is 24.6 Å². The van der Waals surface area contributed by atoms with Crippen LogP contribution in [-0.4, -0.2) is 42.5 Å². The predicted octanol–water partition coefficient (Wildman–Crippen LogP) is 1.32. The van der Waals surface area contributed by atoms with Gasteiger partial charge in [-0.1, -0.05) is 24.3 Å². The quantitative estimate of drug-likeness (QED) is 0.606. The van der Waals surface area contributed by atoms with E-state index < -0.39 is 10.1 Å². The molecule has 0 radical (unpaired) electrons. The Hall–Kier alpha value is -0.130. The van der Waals surface area contributed by atoms with Gasteiger partial charge < -0.3 is 0 Å². The van der Waals surface area contributed by atoms with Gasteiger partial charge in [-0.15, -0.1) is 0 Å². The van der Waals surface area contributed by atoms with E-state index >= 15 is 0 Å². The Morgan fingerprint density at radius 1 is 1.29 bits per heavy atom. The van der Waals surface area contributed by atoms with Gasteiger partial charge >= 0.3 is 29.6 Å². The van der Waals surface area contributed by atoms with Crippen molar-refractivity contribution in [2.24, 2.45) is 0 Å². The van der Waals surface area contributed by atoms with Gasteiger partial charge in [-0.2, -0.15) is 8.42 Å². The van der Waals surface area contributed by atoms with Crippen LogP contribution in [0.5, 0.6) is 0 Å². The molecule has 0 bridgehead atoms. The second-order valence-electron chi connectivity index (χ2n) is 2.78. The zero-order chi connectivity index (χ0) is 10.1. The van der Waals surface area contributed by atoms with Crippen molar-refractivity contribution in [3.05, 3.63) is 36.4 Å². The third-order valence-electron chi connectivity index (χ3n) is 1.64. The first-order chi connectivity index (χ1) is 5.91. The number of hydrogen-bond acceptors (Lipinski definition) is 2. The molecule has 0 spiro atoms. The molecule has 72 valence electrons. The molecule has 1 aromatic carbocycles. The Bertz CT molecular complexity index is 420. The molecule has 1 aromatic rings. The average molecular weight is 222 g/mol. The van der Waals surface area contributed by atoms with Crippen molar-refractivity contribution >= 4 is 45.2 Å². The summed E-state index contributed by atoms with van der Waals surface area (Å²) < 4.78 is 30.0. The maximum absolute atomic E-state index is 10.6. The van der Waals surface area contributed by atoms with E-state index in [1.165, 1.54) is 12.1 Å². The van der Waals surface area contributed by atoms with E-state index in [9.17, 15) is 8.42 Å². The summed E-state index contributed by atoms with van der Waals surface area (Å²) in [4.78, 5) is -0.0995. The van der Waals surface area contributed by atoms with Crippen LogP contribution in [0.15, 0.2) is 35.7 Å². The Labute approximate surface area is 106 Å². The molecular formula is C9H11NaO3S. The fourth-order valence-corrected chi connectivity index (χ4v) is 1.39. The molecule has 0 aromatic heterocycles. The summed E-state index contributed by atoms with van der Waals surface area (Å²) in [7, 11) is -4.07. The summed E-state index contributed by atoms with van der Waals surface area (Å²) >= 11 is 0. The molecule has 0 aliphatic heterocycles. The molecule has 0 atom stereocenters. The van der Waals surface area contributed by atoms with Gasteiger partial charge in [0.15, 0.2) is 0 Å². The molecule has 1 N–H and O–H groups in total. The normalized spacial score (nSPS) is 10.4. The Balaban J connectivity index is 0.00000169. The van der Waals surface area contributed by atoms with Crippen molar-refractivity contribution in [2.45, 2.75) is 11.8 Å². The number of rotatable bonds is 2. The van der Waals surface area contributed by atoms with Gasteiger partial charge in [0, 0.05) is 0 Å². The predicted molar refractivity (Wildman–Crippen MR) is 58.1 cm³/mol. The molecule has 0 heterocycles. The standard InChI is InChI=1S/C9H10O3S.Na.H/c1-7(2)8-3-5-9(6-4-8)13(10,11)12;;/h3-6H,1H2,2H3,(H,10,11,12);;. The first-order valence-corrected chi connectivity index (χ1v) is 5.09. The van der Waals surface area contributed by atoms with Crippen LogP contribution in [-0.2, 0) is 10.1 Å². The van der Waals surface area contributed by atoms with Crippen LogP contribution in [0, 0.1) is 0 Å². The fourth-order valence-electron chi connectivity index (χ4n) is 0.911. The van der Waals surface area contributed by atoms with E-state index in [1.54, 1.807) is 12.1 Å². The summed E-state index contributed by atoms with van der Waals surface area (Å²) in [5.41, 5.74) is 1.70. The Kier molecular flexibility index (Phi) is 5.05. The van der Waals surface area contributed by atoms with Crippen molar-refractivity contribution in [2.75, 3.05) is 0 Å². The Morgan fingerprint density at radius 3 is 2.00 bits per heavy atom. The summed E-state index contributed by atoms with van der Waals surface area (Å²) in [6.45, 7) is 5.53.